The molecular formula is C17H13ClN6O. The highest BCUT2D eigenvalue weighted by molar-refractivity contribution is 6.30. The van der Waals surface area contributed by atoms with Crippen LogP contribution in [0.1, 0.15) is 0 Å². The van der Waals surface area contributed by atoms with Crippen LogP contribution in [0.5, 0.6) is 5.75 Å². The van der Waals surface area contributed by atoms with E-state index < -0.39 is 0 Å². The summed E-state index contributed by atoms with van der Waals surface area (Å²) in [5.74, 6) is 1.86. The zero-order valence-electron chi connectivity index (χ0n) is 13.2. The van der Waals surface area contributed by atoms with Crippen LogP contribution in [0.15, 0.2) is 55.0 Å². The molecular weight excluding hydrogens is 340 g/mol. The zero-order valence-corrected chi connectivity index (χ0v) is 14.0. The maximum absolute atomic E-state index is 6.05. The van der Waals surface area contributed by atoms with Gasteiger partial charge in [0.1, 0.15) is 17.9 Å². The summed E-state index contributed by atoms with van der Waals surface area (Å²) in [4.78, 5) is 13.1. The second kappa shape index (κ2) is 6.37. The summed E-state index contributed by atoms with van der Waals surface area (Å²) in [6.45, 7) is 0. The average molecular weight is 353 g/mol. The zero-order chi connectivity index (χ0) is 17.2. The summed E-state index contributed by atoms with van der Waals surface area (Å²) in [6.07, 6.45) is 3.10. The van der Waals surface area contributed by atoms with E-state index in [-0.39, 0.29) is 0 Å². The summed E-state index contributed by atoms with van der Waals surface area (Å²) in [6, 6.07) is 13.0. The Morgan fingerprint density at radius 1 is 1.08 bits per heavy atom. The van der Waals surface area contributed by atoms with Crippen molar-refractivity contribution in [3.05, 3.63) is 60.0 Å². The van der Waals surface area contributed by atoms with Crippen molar-refractivity contribution < 1.29 is 4.74 Å². The Labute approximate surface area is 148 Å². The van der Waals surface area contributed by atoms with Gasteiger partial charge in [0.2, 0.25) is 0 Å². The molecule has 4 rings (SSSR count). The molecule has 0 aliphatic rings. The lowest BCUT2D eigenvalue weighted by Gasteiger charge is -2.10. The molecule has 8 heteroatoms. The Kier molecular flexibility index (Phi) is 3.91. The van der Waals surface area contributed by atoms with Gasteiger partial charge < -0.3 is 10.1 Å². The number of hydrogen-bond donors (Lipinski definition) is 1. The first-order valence-corrected chi connectivity index (χ1v) is 7.84. The summed E-state index contributed by atoms with van der Waals surface area (Å²) >= 11 is 6.05. The largest absolute Gasteiger partial charge is 0.495 e. The van der Waals surface area contributed by atoms with Gasteiger partial charge in [0, 0.05) is 16.8 Å². The van der Waals surface area contributed by atoms with Gasteiger partial charge in [-0.1, -0.05) is 17.7 Å². The molecule has 25 heavy (non-hydrogen) atoms. The number of benzene rings is 1. The number of methoxy groups -OCH3 is 1. The van der Waals surface area contributed by atoms with Crippen molar-refractivity contribution >= 4 is 28.9 Å². The molecule has 0 spiro atoms. The number of hydrogen-bond acceptors (Lipinski definition) is 6. The van der Waals surface area contributed by atoms with Crippen molar-refractivity contribution in [1.82, 2.24) is 24.6 Å². The van der Waals surface area contributed by atoms with Gasteiger partial charge in [-0.25, -0.2) is 4.98 Å². The fraction of sp³-hybridized carbons (Fsp3) is 0.0588. The van der Waals surface area contributed by atoms with E-state index in [1.807, 2.05) is 42.5 Å². The van der Waals surface area contributed by atoms with Gasteiger partial charge in [-0.15, -0.1) is 0 Å². The number of aromatic nitrogens is 5. The van der Waals surface area contributed by atoms with Crippen LogP contribution in [-0.2, 0) is 0 Å². The van der Waals surface area contributed by atoms with Crippen molar-refractivity contribution in [2.45, 2.75) is 0 Å². The van der Waals surface area contributed by atoms with E-state index in [0.717, 1.165) is 5.69 Å². The lowest BCUT2D eigenvalue weighted by molar-refractivity contribution is 0.413. The number of nitrogens with one attached hydrogen (secondary N) is 1. The Hall–Kier alpha value is -3.19. The Morgan fingerprint density at radius 2 is 2.00 bits per heavy atom. The van der Waals surface area contributed by atoms with E-state index >= 15 is 0 Å². The third kappa shape index (κ3) is 3.09. The molecule has 1 N–H and O–H groups in total. The standard InChI is InChI=1S/C17H13ClN6O/c1-25-13-5-6-14(19-9-13)15-8-16(24-17(23-15)20-10-21-24)22-12-4-2-3-11(18)7-12/h2-10,22H,1H3. The number of ether oxygens (including phenoxy) is 1. The van der Waals surface area contributed by atoms with Crippen molar-refractivity contribution in [2.24, 2.45) is 0 Å². The quantitative estimate of drug-likeness (QED) is 0.604. The van der Waals surface area contributed by atoms with Gasteiger partial charge in [-0.05, 0) is 30.3 Å². The van der Waals surface area contributed by atoms with Gasteiger partial charge in [0.05, 0.1) is 24.7 Å². The van der Waals surface area contributed by atoms with Gasteiger partial charge in [0.15, 0.2) is 0 Å². The average Bonchev–Trinajstić information content (AvgIpc) is 3.11. The summed E-state index contributed by atoms with van der Waals surface area (Å²) in [5, 5.41) is 8.14. The summed E-state index contributed by atoms with van der Waals surface area (Å²) in [7, 11) is 1.60. The highest BCUT2D eigenvalue weighted by Gasteiger charge is 2.11. The lowest BCUT2D eigenvalue weighted by atomic mass is 10.2. The van der Waals surface area contributed by atoms with Crippen molar-refractivity contribution in [3.8, 4) is 17.1 Å². The minimum absolute atomic E-state index is 0.472. The number of pyridine rings is 1. The minimum Gasteiger partial charge on any atom is -0.495 e. The first kappa shape index (κ1) is 15.3. The second-order valence-corrected chi connectivity index (χ2v) is 5.65. The molecule has 0 saturated carbocycles. The van der Waals surface area contributed by atoms with E-state index in [0.29, 0.717) is 33.8 Å². The van der Waals surface area contributed by atoms with Crippen LogP contribution in [0.25, 0.3) is 17.2 Å². The molecule has 0 aliphatic heterocycles. The van der Waals surface area contributed by atoms with E-state index in [9.17, 15) is 0 Å². The van der Waals surface area contributed by atoms with Crippen LogP contribution >= 0.6 is 11.6 Å². The van der Waals surface area contributed by atoms with Crippen LogP contribution in [-0.4, -0.2) is 31.7 Å². The van der Waals surface area contributed by atoms with Crippen molar-refractivity contribution in [2.75, 3.05) is 12.4 Å². The summed E-state index contributed by atoms with van der Waals surface area (Å²) in [5.41, 5.74) is 2.22. The van der Waals surface area contributed by atoms with E-state index in [4.69, 9.17) is 16.3 Å². The molecule has 0 atom stereocenters. The minimum atomic E-state index is 0.472. The van der Waals surface area contributed by atoms with E-state index in [1.165, 1.54) is 6.33 Å². The highest BCUT2D eigenvalue weighted by Crippen LogP contribution is 2.24. The molecule has 7 nitrogen and oxygen atoms in total. The van der Waals surface area contributed by atoms with E-state index in [1.54, 1.807) is 17.8 Å². The molecule has 0 amide bonds. The molecule has 1 aromatic carbocycles. The molecule has 0 bridgehead atoms. The molecule has 0 fully saturated rings. The number of halogens is 1. The fourth-order valence-electron chi connectivity index (χ4n) is 2.40. The monoisotopic (exact) mass is 352 g/mol. The van der Waals surface area contributed by atoms with Crippen LogP contribution in [0.3, 0.4) is 0 Å². The maximum atomic E-state index is 6.05. The summed E-state index contributed by atoms with van der Waals surface area (Å²) < 4.78 is 6.76. The lowest BCUT2D eigenvalue weighted by Crippen LogP contribution is -2.03. The smallest absolute Gasteiger partial charge is 0.254 e. The molecule has 0 unspecified atom stereocenters. The molecule has 0 aliphatic carbocycles. The van der Waals surface area contributed by atoms with Crippen molar-refractivity contribution in [1.29, 1.82) is 0 Å². The molecule has 3 heterocycles. The number of nitrogens with zero attached hydrogens (tertiary/aromatic N) is 5. The third-order valence-corrected chi connectivity index (χ3v) is 3.82. The first-order chi connectivity index (χ1) is 12.2. The number of anilines is 2. The molecule has 124 valence electrons. The molecule has 0 saturated heterocycles. The van der Waals surface area contributed by atoms with Crippen LogP contribution < -0.4 is 10.1 Å². The number of rotatable bonds is 4. The normalized spacial score (nSPS) is 10.8. The Morgan fingerprint density at radius 3 is 2.76 bits per heavy atom. The van der Waals surface area contributed by atoms with Gasteiger partial charge in [0.25, 0.3) is 5.78 Å². The highest BCUT2D eigenvalue weighted by atomic mass is 35.5. The van der Waals surface area contributed by atoms with Crippen LogP contribution in [0.4, 0.5) is 11.5 Å². The van der Waals surface area contributed by atoms with E-state index in [2.05, 4.69) is 25.4 Å². The van der Waals surface area contributed by atoms with Crippen LogP contribution in [0, 0.1) is 0 Å². The predicted molar refractivity (Wildman–Crippen MR) is 95.3 cm³/mol. The third-order valence-electron chi connectivity index (χ3n) is 3.58. The van der Waals surface area contributed by atoms with Gasteiger partial charge in [-0.2, -0.15) is 14.6 Å². The first-order valence-electron chi connectivity index (χ1n) is 7.47. The second-order valence-electron chi connectivity index (χ2n) is 5.22. The SMILES string of the molecule is COc1ccc(-c2cc(Nc3cccc(Cl)c3)n3ncnc3n2)nc1. The number of fused-ring (bicyclic) bond motifs is 1. The Balaban J connectivity index is 1.78. The van der Waals surface area contributed by atoms with Crippen molar-refractivity contribution in [3.63, 3.8) is 0 Å². The fourth-order valence-corrected chi connectivity index (χ4v) is 2.59. The van der Waals surface area contributed by atoms with Crippen LogP contribution in [0.2, 0.25) is 5.02 Å². The molecule has 4 aromatic rings. The topological polar surface area (TPSA) is 77.2 Å². The Bertz CT molecular complexity index is 1030. The maximum Gasteiger partial charge on any atom is 0.254 e. The molecule has 3 aromatic heterocycles. The molecule has 0 radical (unpaired) electrons. The van der Waals surface area contributed by atoms with Gasteiger partial charge >= 0.3 is 0 Å². The van der Waals surface area contributed by atoms with Gasteiger partial charge in [-0.3, -0.25) is 4.98 Å². The predicted octanol–water partition coefficient (Wildman–Crippen LogP) is 3.59.